The molecule has 2 N–H and O–H groups in total. The number of aliphatic hydroxyl groups excluding tert-OH is 1. The van der Waals surface area contributed by atoms with Crippen LogP contribution in [0.25, 0.3) is 11.4 Å². The summed E-state index contributed by atoms with van der Waals surface area (Å²) >= 11 is 6.14. The van der Waals surface area contributed by atoms with E-state index in [2.05, 4.69) is 10.3 Å². The zero-order valence-corrected chi connectivity index (χ0v) is 19.0. The summed E-state index contributed by atoms with van der Waals surface area (Å²) in [6.07, 6.45) is 0.162. The van der Waals surface area contributed by atoms with Crippen LogP contribution in [0.2, 0.25) is 5.02 Å². The molecule has 0 unspecified atom stereocenters. The van der Waals surface area contributed by atoms with Gasteiger partial charge in [0, 0.05) is 34.9 Å². The van der Waals surface area contributed by atoms with E-state index in [1.54, 1.807) is 38.3 Å². The number of amides is 1. The first-order valence-electron chi connectivity index (χ1n) is 10.2. The molecule has 1 atom stereocenters. The number of hydrogen-bond donors (Lipinski definition) is 2. The highest BCUT2D eigenvalue weighted by molar-refractivity contribution is 6.30. The number of carbonyl (C=O) groups is 1. The second-order valence-corrected chi connectivity index (χ2v) is 7.88. The molecule has 0 bridgehead atoms. The van der Waals surface area contributed by atoms with Gasteiger partial charge in [-0.15, -0.1) is 0 Å². The lowest BCUT2D eigenvalue weighted by Gasteiger charge is -2.18. The third-order valence-electron chi connectivity index (χ3n) is 5.19. The third kappa shape index (κ3) is 5.36. The lowest BCUT2D eigenvalue weighted by Crippen LogP contribution is -2.36. The van der Waals surface area contributed by atoms with Gasteiger partial charge < -0.3 is 15.2 Å². The molecule has 0 radical (unpaired) electrons. The quantitative estimate of drug-likeness (QED) is 0.543. The molecule has 168 valence electrons. The van der Waals surface area contributed by atoms with Crippen molar-refractivity contribution in [1.82, 2.24) is 14.9 Å². The van der Waals surface area contributed by atoms with Gasteiger partial charge in [0.05, 0.1) is 13.2 Å². The summed E-state index contributed by atoms with van der Waals surface area (Å²) in [7, 11) is 1.58. The van der Waals surface area contributed by atoms with E-state index < -0.39 is 0 Å². The number of carbonyl (C=O) groups excluding carboxylic acids is 1. The van der Waals surface area contributed by atoms with Crippen molar-refractivity contribution >= 4 is 17.5 Å². The fourth-order valence-electron chi connectivity index (χ4n) is 3.52. The number of ether oxygens (including phenoxy) is 1. The summed E-state index contributed by atoms with van der Waals surface area (Å²) < 4.78 is 6.58. The molecule has 32 heavy (non-hydrogen) atoms. The largest absolute Gasteiger partial charge is 0.497 e. The molecule has 2 aromatic carbocycles. The molecule has 3 aromatic rings. The van der Waals surface area contributed by atoms with Crippen LogP contribution < -0.4 is 15.6 Å². The number of halogens is 1. The Morgan fingerprint density at radius 3 is 2.69 bits per heavy atom. The monoisotopic (exact) mass is 455 g/mol. The molecule has 8 heteroatoms. The lowest BCUT2D eigenvalue weighted by atomic mass is 10.1. The van der Waals surface area contributed by atoms with Crippen molar-refractivity contribution in [2.24, 2.45) is 0 Å². The van der Waals surface area contributed by atoms with Crippen molar-refractivity contribution in [3.8, 4) is 17.1 Å². The second kappa shape index (κ2) is 10.4. The second-order valence-electron chi connectivity index (χ2n) is 7.44. The van der Waals surface area contributed by atoms with Gasteiger partial charge in [-0.05, 0) is 43.7 Å². The Bertz CT molecular complexity index is 1180. The molecule has 0 saturated carbocycles. The van der Waals surface area contributed by atoms with E-state index in [-0.39, 0.29) is 37.1 Å². The molecule has 0 aliphatic rings. The topological polar surface area (TPSA) is 93.4 Å². The van der Waals surface area contributed by atoms with Crippen LogP contribution in [-0.2, 0) is 17.8 Å². The minimum atomic E-state index is -0.356. The van der Waals surface area contributed by atoms with Crippen LogP contribution in [0.5, 0.6) is 5.75 Å². The van der Waals surface area contributed by atoms with Gasteiger partial charge in [0.1, 0.15) is 18.1 Å². The third-order valence-corrected chi connectivity index (χ3v) is 5.42. The van der Waals surface area contributed by atoms with E-state index in [1.807, 2.05) is 31.2 Å². The average molecular weight is 456 g/mol. The number of aromatic nitrogens is 2. The summed E-state index contributed by atoms with van der Waals surface area (Å²) in [6, 6.07) is 14.1. The summed E-state index contributed by atoms with van der Waals surface area (Å²) in [5.41, 5.74) is 2.04. The zero-order valence-electron chi connectivity index (χ0n) is 18.3. The Morgan fingerprint density at radius 2 is 2.00 bits per heavy atom. The standard InChI is InChI=1S/C24H26ClN3O4/c1-15(17-6-5-9-20(13-17)32-3)26-22(30)14-28-23(18-7-4-8-19(25)12-18)27-16(2)21(10-11-29)24(28)31/h4-9,12-13,15,29H,10-11,14H2,1-3H3,(H,26,30)/t15-/m1/s1. The van der Waals surface area contributed by atoms with Crippen molar-refractivity contribution in [2.75, 3.05) is 13.7 Å². The van der Waals surface area contributed by atoms with Gasteiger partial charge in [0.25, 0.3) is 5.56 Å². The summed E-state index contributed by atoms with van der Waals surface area (Å²) in [4.78, 5) is 30.7. The normalized spacial score (nSPS) is 11.8. The fraction of sp³-hybridized carbons (Fsp3) is 0.292. The smallest absolute Gasteiger partial charge is 0.257 e. The van der Waals surface area contributed by atoms with Gasteiger partial charge in [-0.25, -0.2) is 4.98 Å². The first-order valence-corrected chi connectivity index (χ1v) is 10.6. The highest BCUT2D eigenvalue weighted by Crippen LogP contribution is 2.22. The number of rotatable bonds is 8. The minimum absolute atomic E-state index is 0.162. The van der Waals surface area contributed by atoms with E-state index in [0.29, 0.717) is 33.4 Å². The summed E-state index contributed by atoms with van der Waals surface area (Å²) in [5, 5.41) is 12.8. The first-order chi connectivity index (χ1) is 15.3. The molecule has 0 fully saturated rings. The van der Waals surface area contributed by atoms with E-state index in [1.165, 1.54) is 4.57 Å². The molecule has 1 amide bonds. The van der Waals surface area contributed by atoms with Gasteiger partial charge in [-0.3, -0.25) is 14.2 Å². The Hall–Kier alpha value is -3.16. The summed E-state index contributed by atoms with van der Waals surface area (Å²) in [5.74, 6) is 0.701. The molecule has 0 saturated heterocycles. The van der Waals surface area contributed by atoms with Crippen molar-refractivity contribution in [3.05, 3.63) is 80.7 Å². The highest BCUT2D eigenvalue weighted by atomic mass is 35.5. The molecule has 0 aliphatic heterocycles. The van der Waals surface area contributed by atoms with Crippen LogP contribution in [0.4, 0.5) is 0 Å². The molecule has 0 aliphatic carbocycles. The predicted octanol–water partition coefficient (Wildman–Crippen LogP) is 3.29. The van der Waals surface area contributed by atoms with Crippen LogP contribution in [0.3, 0.4) is 0 Å². The Morgan fingerprint density at radius 1 is 1.25 bits per heavy atom. The van der Waals surface area contributed by atoms with Crippen LogP contribution in [0, 0.1) is 6.92 Å². The Labute approximate surface area is 191 Å². The first kappa shape index (κ1) is 23.5. The lowest BCUT2D eigenvalue weighted by molar-refractivity contribution is -0.122. The van der Waals surface area contributed by atoms with E-state index in [9.17, 15) is 14.7 Å². The van der Waals surface area contributed by atoms with Gasteiger partial charge >= 0.3 is 0 Å². The zero-order chi connectivity index (χ0) is 23.3. The number of aliphatic hydroxyl groups is 1. The number of nitrogens with zero attached hydrogens (tertiary/aromatic N) is 2. The van der Waals surface area contributed by atoms with Gasteiger partial charge in [-0.2, -0.15) is 0 Å². The van der Waals surface area contributed by atoms with Crippen molar-refractivity contribution in [2.45, 2.75) is 32.9 Å². The molecule has 0 spiro atoms. The van der Waals surface area contributed by atoms with Crippen molar-refractivity contribution < 1.29 is 14.6 Å². The number of methoxy groups -OCH3 is 1. The van der Waals surface area contributed by atoms with E-state index in [4.69, 9.17) is 16.3 Å². The van der Waals surface area contributed by atoms with Crippen molar-refractivity contribution in [1.29, 1.82) is 0 Å². The van der Waals surface area contributed by atoms with E-state index >= 15 is 0 Å². The SMILES string of the molecule is COc1cccc([C@@H](C)NC(=O)Cn2c(-c3cccc(Cl)c3)nc(C)c(CCO)c2=O)c1. The van der Waals surface area contributed by atoms with Gasteiger partial charge in [0.2, 0.25) is 5.91 Å². The van der Waals surface area contributed by atoms with Crippen molar-refractivity contribution in [3.63, 3.8) is 0 Å². The molecule has 1 aromatic heterocycles. The minimum Gasteiger partial charge on any atom is -0.497 e. The number of benzene rings is 2. The van der Waals surface area contributed by atoms with Gasteiger partial charge in [0.15, 0.2) is 0 Å². The molecule has 3 rings (SSSR count). The van der Waals surface area contributed by atoms with Crippen LogP contribution in [-0.4, -0.2) is 34.3 Å². The number of hydrogen-bond acceptors (Lipinski definition) is 5. The van der Waals surface area contributed by atoms with Crippen LogP contribution in [0.15, 0.2) is 53.3 Å². The highest BCUT2D eigenvalue weighted by Gasteiger charge is 2.19. The maximum Gasteiger partial charge on any atom is 0.257 e. The van der Waals surface area contributed by atoms with Crippen LogP contribution >= 0.6 is 11.6 Å². The molecular weight excluding hydrogens is 430 g/mol. The van der Waals surface area contributed by atoms with E-state index in [0.717, 1.165) is 5.56 Å². The maximum absolute atomic E-state index is 13.2. The Kier molecular flexibility index (Phi) is 7.66. The predicted molar refractivity (Wildman–Crippen MR) is 124 cm³/mol. The number of aryl methyl sites for hydroxylation is 1. The fourth-order valence-corrected chi connectivity index (χ4v) is 3.71. The molecular formula is C24H26ClN3O4. The van der Waals surface area contributed by atoms with Gasteiger partial charge in [-0.1, -0.05) is 35.9 Å². The summed E-state index contributed by atoms with van der Waals surface area (Å²) in [6.45, 7) is 3.17. The Balaban J connectivity index is 1.95. The van der Waals surface area contributed by atoms with Crippen LogP contribution in [0.1, 0.15) is 29.8 Å². The maximum atomic E-state index is 13.2. The molecule has 7 nitrogen and oxygen atoms in total. The average Bonchev–Trinajstić information content (AvgIpc) is 2.78. The number of nitrogens with one attached hydrogen (secondary N) is 1. The molecule has 1 heterocycles.